The van der Waals surface area contributed by atoms with Crippen LogP contribution in [0.4, 0.5) is 5.88 Å². The van der Waals surface area contributed by atoms with Gasteiger partial charge in [-0.15, -0.1) is 11.3 Å². The second-order valence-corrected chi connectivity index (χ2v) is 11.2. The highest BCUT2D eigenvalue weighted by Crippen LogP contribution is 2.46. The minimum atomic E-state index is -4.51. The predicted octanol–water partition coefficient (Wildman–Crippen LogP) is 4.51. The first-order chi connectivity index (χ1) is 18.1. The Labute approximate surface area is 228 Å². The van der Waals surface area contributed by atoms with E-state index in [1.54, 1.807) is 44.2 Å². The zero-order valence-electron chi connectivity index (χ0n) is 21.2. The minimum Gasteiger partial charge on any atom is -0.496 e. The number of aliphatic hydroxyl groups excluding tert-OH is 1. The Balaban J connectivity index is 1.96. The molecule has 2 atom stereocenters. The van der Waals surface area contributed by atoms with Crippen LogP contribution in [0.2, 0.25) is 5.02 Å². The maximum Gasteiger partial charge on any atom is 0.270 e. The van der Waals surface area contributed by atoms with Crippen molar-refractivity contribution in [2.24, 2.45) is 0 Å². The van der Waals surface area contributed by atoms with Gasteiger partial charge < -0.3 is 28.6 Å². The molecule has 0 saturated carbocycles. The van der Waals surface area contributed by atoms with Gasteiger partial charge in [0.2, 0.25) is 0 Å². The first-order valence-electron chi connectivity index (χ1n) is 11.2. The van der Waals surface area contributed by atoms with E-state index >= 15 is 0 Å². The number of aromatic nitrogens is 2. The number of halogens is 1. The molecule has 0 aliphatic heterocycles. The van der Waals surface area contributed by atoms with E-state index in [1.807, 2.05) is 0 Å². The monoisotopic (exact) mass is 583 g/mol. The van der Waals surface area contributed by atoms with E-state index in [-0.39, 0.29) is 37.3 Å². The van der Waals surface area contributed by atoms with Crippen molar-refractivity contribution in [3.05, 3.63) is 57.7 Å². The number of benzene rings is 1. The predicted molar refractivity (Wildman–Crippen MR) is 142 cm³/mol. The van der Waals surface area contributed by atoms with Gasteiger partial charge in [0.15, 0.2) is 6.29 Å². The van der Waals surface area contributed by atoms with Gasteiger partial charge in [-0.3, -0.25) is 0 Å². The molecule has 1 aromatic carbocycles. The van der Waals surface area contributed by atoms with E-state index < -0.39 is 29.1 Å². The zero-order chi connectivity index (χ0) is 27.6. The summed E-state index contributed by atoms with van der Waals surface area (Å²) in [6.07, 6.45) is -0.677. The summed E-state index contributed by atoms with van der Waals surface area (Å²) in [4.78, 5) is 4.59. The van der Waals surface area contributed by atoms with Crippen molar-refractivity contribution in [3.8, 4) is 11.5 Å². The lowest BCUT2D eigenvalue weighted by molar-refractivity contribution is -0.108. The average molecular weight is 584 g/mol. The SMILES string of the molecule is COc1cccc(OC)c1C(O)c1sc2ncccc2c1S(=O)(=O)N(COC(C)OC)c1onc(C)c1Cl. The smallest absolute Gasteiger partial charge is 0.270 e. The number of anilines is 1. The molecule has 11 nitrogen and oxygen atoms in total. The van der Waals surface area contributed by atoms with E-state index in [0.717, 1.165) is 15.6 Å². The largest absolute Gasteiger partial charge is 0.496 e. The molecule has 1 N–H and O–H groups in total. The van der Waals surface area contributed by atoms with Crippen molar-refractivity contribution in [2.75, 3.05) is 32.4 Å². The first-order valence-corrected chi connectivity index (χ1v) is 13.8. The van der Waals surface area contributed by atoms with Gasteiger partial charge in [0.25, 0.3) is 15.9 Å². The van der Waals surface area contributed by atoms with Crippen LogP contribution in [0.25, 0.3) is 10.2 Å². The summed E-state index contributed by atoms with van der Waals surface area (Å²) in [5.74, 6) is 0.383. The molecule has 4 aromatic rings. The first kappa shape index (κ1) is 28.1. The van der Waals surface area contributed by atoms with Crippen LogP contribution in [0.3, 0.4) is 0 Å². The van der Waals surface area contributed by atoms with Gasteiger partial charge in [0.05, 0.1) is 24.7 Å². The molecule has 0 saturated heterocycles. The van der Waals surface area contributed by atoms with Gasteiger partial charge in [-0.25, -0.2) is 17.7 Å². The van der Waals surface area contributed by atoms with Crippen LogP contribution in [0.5, 0.6) is 11.5 Å². The van der Waals surface area contributed by atoms with E-state index in [1.165, 1.54) is 27.5 Å². The molecule has 0 aliphatic rings. The number of thiophene rings is 1. The molecule has 0 bridgehead atoms. The number of pyridine rings is 1. The van der Waals surface area contributed by atoms with Crippen LogP contribution < -0.4 is 13.8 Å². The van der Waals surface area contributed by atoms with Crippen molar-refractivity contribution in [1.82, 2.24) is 10.1 Å². The molecule has 204 valence electrons. The van der Waals surface area contributed by atoms with E-state index in [2.05, 4.69) is 10.1 Å². The second-order valence-electron chi connectivity index (χ2n) is 7.97. The average Bonchev–Trinajstić information content (AvgIpc) is 3.48. The summed E-state index contributed by atoms with van der Waals surface area (Å²) in [6.45, 7) is 2.66. The van der Waals surface area contributed by atoms with E-state index in [0.29, 0.717) is 16.3 Å². The number of aryl methyl sites for hydroxylation is 1. The van der Waals surface area contributed by atoms with Crippen molar-refractivity contribution in [2.45, 2.75) is 31.1 Å². The number of hydrogen-bond acceptors (Lipinski definition) is 11. The molecule has 0 aliphatic carbocycles. The number of methoxy groups -OCH3 is 3. The summed E-state index contributed by atoms with van der Waals surface area (Å²) in [6, 6.07) is 8.19. The second kappa shape index (κ2) is 11.4. The van der Waals surface area contributed by atoms with Gasteiger partial charge in [0, 0.05) is 18.7 Å². The van der Waals surface area contributed by atoms with Gasteiger partial charge in [-0.05, 0) is 38.1 Å². The molecule has 3 heterocycles. The molecule has 0 radical (unpaired) electrons. The highest BCUT2D eigenvalue weighted by atomic mass is 35.5. The minimum absolute atomic E-state index is 0.00611. The number of rotatable bonds is 11. The lowest BCUT2D eigenvalue weighted by atomic mass is 10.0. The third-order valence-corrected chi connectivity index (χ3v) is 9.28. The van der Waals surface area contributed by atoms with Crippen LogP contribution in [-0.4, -0.2) is 58.0 Å². The molecule has 0 spiro atoms. The summed E-state index contributed by atoms with van der Waals surface area (Å²) >= 11 is 7.39. The van der Waals surface area contributed by atoms with Gasteiger partial charge in [-0.1, -0.05) is 22.8 Å². The van der Waals surface area contributed by atoms with Crippen LogP contribution in [0.1, 0.15) is 29.2 Å². The maximum absolute atomic E-state index is 14.4. The van der Waals surface area contributed by atoms with Crippen LogP contribution >= 0.6 is 22.9 Å². The number of aliphatic hydroxyl groups is 1. The Kier molecular flexibility index (Phi) is 8.45. The fourth-order valence-electron chi connectivity index (χ4n) is 3.74. The molecule has 38 heavy (non-hydrogen) atoms. The Hall–Kier alpha value is -2.94. The number of nitrogens with zero attached hydrogens (tertiary/aromatic N) is 3. The summed E-state index contributed by atoms with van der Waals surface area (Å²) in [7, 11) is -0.203. The molecule has 2 unspecified atom stereocenters. The highest BCUT2D eigenvalue weighted by Gasteiger charge is 2.38. The zero-order valence-corrected chi connectivity index (χ0v) is 23.6. The van der Waals surface area contributed by atoms with E-state index in [4.69, 9.17) is 35.1 Å². The molecule has 0 fully saturated rings. The van der Waals surface area contributed by atoms with Crippen LogP contribution in [0, 0.1) is 6.92 Å². The third kappa shape index (κ3) is 5.05. The third-order valence-electron chi connectivity index (χ3n) is 5.74. The number of fused-ring (bicyclic) bond motifs is 1. The topological polar surface area (TPSA) is 133 Å². The van der Waals surface area contributed by atoms with Gasteiger partial charge >= 0.3 is 0 Å². The number of sulfonamides is 1. The molecule has 14 heteroatoms. The molecule has 0 amide bonds. The highest BCUT2D eigenvalue weighted by molar-refractivity contribution is 7.93. The maximum atomic E-state index is 14.4. The van der Waals surface area contributed by atoms with Gasteiger partial charge in [0.1, 0.15) is 44.8 Å². The quantitative estimate of drug-likeness (QED) is 0.251. The van der Waals surface area contributed by atoms with Crippen molar-refractivity contribution in [3.63, 3.8) is 0 Å². The number of ether oxygens (including phenoxy) is 4. The Morgan fingerprint density at radius 2 is 1.84 bits per heavy atom. The van der Waals surface area contributed by atoms with Crippen molar-refractivity contribution < 1.29 is 37.0 Å². The van der Waals surface area contributed by atoms with Gasteiger partial charge in [-0.2, -0.15) is 0 Å². The van der Waals surface area contributed by atoms with Crippen molar-refractivity contribution >= 4 is 49.1 Å². The lowest BCUT2D eigenvalue weighted by Crippen LogP contribution is -2.35. The molecular weight excluding hydrogens is 558 g/mol. The van der Waals surface area contributed by atoms with Crippen LogP contribution in [-0.2, 0) is 19.5 Å². The Morgan fingerprint density at radius 3 is 2.42 bits per heavy atom. The lowest BCUT2D eigenvalue weighted by Gasteiger charge is -2.24. The molecule has 3 aromatic heterocycles. The van der Waals surface area contributed by atoms with Crippen LogP contribution in [0.15, 0.2) is 45.9 Å². The fraction of sp³-hybridized carbons (Fsp3) is 0.333. The Morgan fingerprint density at radius 1 is 1.16 bits per heavy atom. The Bertz CT molecular complexity index is 1520. The summed E-state index contributed by atoms with van der Waals surface area (Å²) in [5.41, 5.74) is 0.544. The summed E-state index contributed by atoms with van der Waals surface area (Å²) in [5, 5.41) is 15.7. The summed E-state index contributed by atoms with van der Waals surface area (Å²) < 4.78 is 56.6. The van der Waals surface area contributed by atoms with E-state index in [9.17, 15) is 13.5 Å². The standard InChI is InChI=1S/C24H26ClN3O8S2/c1-13-19(25)24(36-27-13)28(12-35-14(2)32-3)38(30,31)22-15-8-7-11-26-23(15)37-21(22)20(29)18-16(33-4)9-6-10-17(18)34-5/h6-11,14,20,29H,12H2,1-5H3. The number of hydrogen-bond donors (Lipinski definition) is 1. The molecular formula is C24H26ClN3O8S2. The fourth-order valence-corrected chi connectivity index (χ4v) is 7.08. The molecule has 4 rings (SSSR count). The normalized spacial score (nSPS) is 13.4. The van der Waals surface area contributed by atoms with Crippen molar-refractivity contribution in [1.29, 1.82) is 0 Å².